The van der Waals surface area contributed by atoms with Crippen molar-refractivity contribution in [3.8, 4) is 22.3 Å². The zero-order valence-electron chi connectivity index (χ0n) is 44.9. The van der Waals surface area contributed by atoms with E-state index >= 15 is 0 Å². The van der Waals surface area contributed by atoms with E-state index in [1.165, 1.54) is 110 Å². The second kappa shape index (κ2) is 17.1. The molecule has 0 aliphatic heterocycles. The fourth-order valence-electron chi connectivity index (χ4n) is 12.8. The maximum absolute atomic E-state index is 2.58. The molecule has 0 radical (unpaired) electrons. The summed E-state index contributed by atoms with van der Waals surface area (Å²) in [4.78, 5) is 4.95. The third-order valence-corrected chi connectivity index (χ3v) is 16.6. The van der Waals surface area contributed by atoms with Crippen LogP contribution in [0.25, 0.3) is 98.4 Å². The van der Waals surface area contributed by atoms with E-state index in [0.717, 1.165) is 34.1 Å². The lowest BCUT2D eigenvalue weighted by molar-refractivity contribution is 0.591. The molecule has 374 valence electrons. The van der Waals surface area contributed by atoms with Crippen LogP contribution in [0.15, 0.2) is 243 Å². The molecular formula is C74H58N4. The molecule has 0 atom stereocenters. The van der Waals surface area contributed by atoms with Crippen molar-refractivity contribution in [2.24, 2.45) is 0 Å². The first-order chi connectivity index (χ1) is 38.0. The highest BCUT2D eigenvalue weighted by atomic mass is 15.2. The molecule has 0 fully saturated rings. The molecule has 0 saturated carbocycles. The van der Waals surface area contributed by atoms with Crippen molar-refractivity contribution < 1.29 is 0 Å². The van der Waals surface area contributed by atoms with E-state index in [1.807, 2.05) is 0 Å². The SMILES string of the molecule is CC(C)(C)c1ccc2c(c1)c1c(N(c3ccccc3)c3cccc(-c4ccccc4)c3)ccc3c4cc5c(cc4n2c31)c1ccc(N(c2ccccc2)c2cccc(-c3ccccc3)c2)c2c3cc(C(C)(C)C)ccc3n5c12. The van der Waals surface area contributed by atoms with Crippen LogP contribution in [0.2, 0.25) is 0 Å². The Bertz CT molecular complexity index is 4480. The van der Waals surface area contributed by atoms with Crippen molar-refractivity contribution in [2.75, 3.05) is 9.80 Å². The fraction of sp³-hybridized carbons (Fsp3) is 0.108. The number of para-hydroxylation sites is 2. The third kappa shape index (κ3) is 6.99. The molecule has 15 rings (SSSR count). The fourth-order valence-corrected chi connectivity index (χ4v) is 12.8. The van der Waals surface area contributed by atoms with Crippen LogP contribution in [-0.2, 0) is 10.8 Å². The van der Waals surface area contributed by atoms with Crippen LogP contribution in [0.5, 0.6) is 0 Å². The Hall–Kier alpha value is -9.38. The number of aromatic nitrogens is 2. The largest absolute Gasteiger partial charge is 0.310 e. The van der Waals surface area contributed by atoms with Crippen LogP contribution in [0.1, 0.15) is 52.7 Å². The molecule has 15 aromatic rings. The molecule has 0 spiro atoms. The smallest absolute Gasteiger partial charge is 0.0641 e. The van der Waals surface area contributed by atoms with Gasteiger partial charge in [-0.15, -0.1) is 0 Å². The van der Waals surface area contributed by atoms with Crippen LogP contribution < -0.4 is 9.80 Å². The Kier molecular flexibility index (Phi) is 10.1. The highest BCUT2D eigenvalue weighted by molar-refractivity contribution is 6.32. The summed E-state index contributed by atoms with van der Waals surface area (Å²) >= 11 is 0. The van der Waals surface area contributed by atoms with Gasteiger partial charge in [-0.05, 0) is 141 Å². The maximum Gasteiger partial charge on any atom is 0.0641 e. The second-order valence-electron chi connectivity index (χ2n) is 23.4. The highest BCUT2D eigenvalue weighted by Crippen LogP contribution is 2.52. The zero-order valence-corrected chi connectivity index (χ0v) is 44.9. The van der Waals surface area contributed by atoms with Crippen molar-refractivity contribution in [1.82, 2.24) is 8.80 Å². The first-order valence-corrected chi connectivity index (χ1v) is 27.4. The van der Waals surface area contributed by atoms with E-state index in [1.54, 1.807) is 0 Å². The van der Waals surface area contributed by atoms with Crippen molar-refractivity contribution in [3.63, 3.8) is 0 Å². The normalized spacial score (nSPS) is 12.5. The van der Waals surface area contributed by atoms with Gasteiger partial charge in [0.25, 0.3) is 0 Å². The highest BCUT2D eigenvalue weighted by Gasteiger charge is 2.30. The molecular weight excluding hydrogens is 945 g/mol. The van der Waals surface area contributed by atoms with Crippen LogP contribution >= 0.6 is 0 Å². The Morgan fingerprint density at radius 1 is 0.269 bits per heavy atom. The summed E-state index contributed by atoms with van der Waals surface area (Å²) < 4.78 is 5.16. The van der Waals surface area contributed by atoms with E-state index in [2.05, 4.69) is 303 Å². The Labute approximate surface area is 454 Å². The van der Waals surface area contributed by atoms with Gasteiger partial charge in [-0.1, -0.05) is 187 Å². The summed E-state index contributed by atoms with van der Waals surface area (Å²) in [6, 6.07) is 90.3. The summed E-state index contributed by atoms with van der Waals surface area (Å²) in [6.45, 7) is 13.9. The number of rotatable bonds is 8. The predicted molar refractivity (Wildman–Crippen MR) is 333 cm³/mol. The van der Waals surface area contributed by atoms with Gasteiger partial charge in [-0.25, -0.2) is 0 Å². The molecule has 11 aromatic carbocycles. The van der Waals surface area contributed by atoms with E-state index in [4.69, 9.17) is 0 Å². The Balaban J connectivity index is 1.03. The molecule has 78 heavy (non-hydrogen) atoms. The Morgan fingerprint density at radius 3 is 1.01 bits per heavy atom. The first kappa shape index (κ1) is 46.0. The molecule has 0 aliphatic carbocycles. The summed E-state index contributed by atoms with van der Waals surface area (Å²) in [5.74, 6) is 0. The number of anilines is 6. The lowest BCUT2D eigenvalue weighted by Gasteiger charge is -2.27. The molecule has 0 bridgehead atoms. The van der Waals surface area contributed by atoms with Gasteiger partial charge >= 0.3 is 0 Å². The van der Waals surface area contributed by atoms with Crippen molar-refractivity contribution in [1.29, 1.82) is 0 Å². The van der Waals surface area contributed by atoms with E-state index in [-0.39, 0.29) is 10.8 Å². The van der Waals surface area contributed by atoms with Crippen molar-refractivity contribution >= 4 is 110 Å². The first-order valence-electron chi connectivity index (χ1n) is 27.4. The average molecular weight is 1000 g/mol. The van der Waals surface area contributed by atoms with Crippen LogP contribution in [-0.4, -0.2) is 8.80 Å². The Morgan fingerprint density at radius 2 is 0.628 bits per heavy atom. The lowest BCUT2D eigenvalue weighted by Crippen LogP contribution is -2.11. The van der Waals surface area contributed by atoms with Crippen LogP contribution in [0.3, 0.4) is 0 Å². The quantitative estimate of drug-likeness (QED) is 0.151. The monoisotopic (exact) mass is 1000 g/mol. The number of nitrogens with zero attached hydrogens (tertiary/aromatic N) is 4. The van der Waals surface area contributed by atoms with E-state index < -0.39 is 0 Å². The molecule has 4 heterocycles. The minimum Gasteiger partial charge on any atom is -0.310 e. The van der Waals surface area contributed by atoms with Gasteiger partial charge in [0.05, 0.1) is 44.5 Å². The maximum atomic E-state index is 2.58. The van der Waals surface area contributed by atoms with Gasteiger partial charge in [0.15, 0.2) is 0 Å². The van der Waals surface area contributed by atoms with Gasteiger partial charge in [-0.3, -0.25) is 0 Å². The third-order valence-electron chi connectivity index (χ3n) is 16.6. The predicted octanol–water partition coefficient (Wildman–Crippen LogP) is 20.9. The minimum atomic E-state index is -0.0470. The average Bonchev–Trinajstić information content (AvgIpc) is 2.84. The van der Waals surface area contributed by atoms with Crippen molar-refractivity contribution in [3.05, 3.63) is 254 Å². The molecule has 0 amide bonds. The van der Waals surface area contributed by atoms with Gasteiger partial charge in [0.1, 0.15) is 0 Å². The summed E-state index contributed by atoms with van der Waals surface area (Å²) in [7, 11) is 0. The molecule has 0 N–H and O–H groups in total. The van der Waals surface area contributed by atoms with Crippen molar-refractivity contribution in [2.45, 2.75) is 52.4 Å². The zero-order chi connectivity index (χ0) is 52.6. The number of hydrogen-bond acceptors (Lipinski definition) is 2. The van der Waals surface area contributed by atoms with E-state index in [0.29, 0.717) is 0 Å². The van der Waals surface area contributed by atoms with Crippen LogP contribution in [0, 0.1) is 0 Å². The van der Waals surface area contributed by atoms with Gasteiger partial charge in [0, 0.05) is 65.8 Å². The molecule has 0 saturated heterocycles. The number of benzene rings is 11. The summed E-state index contributed by atoms with van der Waals surface area (Å²) in [5, 5.41) is 10.0. The molecule has 0 unspecified atom stereocenters. The molecule has 4 aromatic heterocycles. The van der Waals surface area contributed by atoms with Crippen LogP contribution in [0.4, 0.5) is 34.1 Å². The molecule has 4 nitrogen and oxygen atoms in total. The van der Waals surface area contributed by atoms with Gasteiger partial charge in [-0.2, -0.15) is 0 Å². The molecule has 4 heteroatoms. The number of fused-ring (bicyclic) bond motifs is 12. The second-order valence-corrected chi connectivity index (χ2v) is 23.4. The molecule has 0 aliphatic rings. The lowest BCUT2D eigenvalue weighted by atomic mass is 9.86. The van der Waals surface area contributed by atoms with E-state index in [9.17, 15) is 0 Å². The summed E-state index contributed by atoms with van der Waals surface area (Å²) in [6.07, 6.45) is 0. The minimum absolute atomic E-state index is 0.0470. The van der Waals surface area contributed by atoms with Gasteiger partial charge in [0.2, 0.25) is 0 Å². The number of hydrogen-bond donors (Lipinski definition) is 0. The topological polar surface area (TPSA) is 15.3 Å². The standard InChI is InChI=1S/C74H58N4/c1-73(2,3)51-33-37-63-61(43-51)69-65(75(53-27-15-9-16-28-53)55-31-19-25-49(41-55)47-21-11-7-12-22-47)39-35-57-59-46-68-60(45-67(59)77(63)71(57)69)58-36-40-66(70-62-44-52(74(4,5)6)34-38-64(62)78(68)72(58)70)76(54-29-17-10-18-30-54)56-32-20-26-50(42-56)48-23-13-8-14-24-48/h7-46H,1-6H3. The summed E-state index contributed by atoms with van der Waals surface area (Å²) in [5.41, 5.74) is 21.4. The van der Waals surface area contributed by atoms with Gasteiger partial charge < -0.3 is 18.6 Å².